The molecule has 9 heteroatoms. The number of hydrogen-bond acceptors (Lipinski definition) is 7. The Kier molecular flexibility index (Phi) is 6.96. The zero-order valence-corrected chi connectivity index (χ0v) is 17.5. The lowest BCUT2D eigenvalue weighted by Gasteiger charge is -2.17. The number of amides is 2. The Hall–Kier alpha value is -3.75. The molecule has 0 radical (unpaired) electrons. The van der Waals surface area contributed by atoms with Crippen molar-refractivity contribution in [2.45, 2.75) is 6.42 Å². The molecule has 164 valence electrons. The normalized spacial score (nSPS) is 15.4. The highest BCUT2D eigenvalue weighted by Crippen LogP contribution is 2.30. The third kappa shape index (κ3) is 5.25. The summed E-state index contributed by atoms with van der Waals surface area (Å²) in [6, 6.07) is 12.0. The second-order valence-electron chi connectivity index (χ2n) is 6.83. The molecule has 3 rings (SSSR count). The minimum Gasteiger partial charge on any atom is -0.497 e. The highest BCUT2D eigenvalue weighted by Gasteiger charge is 2.36. The summed E-state index contributed by atoms with van der Waals surface area (Å²) in [5.41, 5.74) is 1.03. The fourth-order valence-electron chi connectivity index (χ4n) is 3.25. The van der Waals surface area contributed by atoms with Gasteiger partial charge in [0.1, 0.15) is 17.2 Å². The second-order valence-corrected chi connectivity index (χ2v) is 6.83. The Labute approximate surface area is 179 Å². The number of benzene rings is 2. The van der Waals surface area contributed by atoms with Crippen LogP contribution in [0.15, 0.2) is 42.5 Å². The lowest BCUT2D eigenvalue weighted by Crippen LogP contribution is -2.28. The van der Waals surface area contributed by atoms with E-state index >= 15 is 0 Å². The largest absolute Gasteiger partial charge is 0.497 e. The van der Waals surface area contributed by atoms with Crippen molar-refractivity contribution in [2.75, 3.05) is 44.7 Å². The molecule has 9 nitrogen and oxygen atoms in total. The number of esters is 1. The summed E-state index contributed by atoms with van der Waals surface area (Å²) in [5.74, 6) is -0.397. The van der Waals surface area contributed by atoms with Crippen molar-refractivity contribution in [3.05, 3.63) is 42.5 Å². The van der Waals surface area contributed by atoms with E-state index in [1.807, 2.05) is 0 Å². The molecule has 2 aromatic carbocycles. The number of anilines is 2. The molecule has 1 fully saturated rings. The topological polar surface area (TPSA) is 103 Å². The Morgan fingerprint density at radius 3 is 2.48 bits per heavy atom. The van der Waals surface area contributed by atoms with Crippen LogP contribution in [0.5, 0.6) is 17.2 Å². The van der Waals surface area contributed by atoms with Gasteiger partial charge in [-0.2, -0.15) is 0 Å². The quantitative estimate of drug-likeness (QED) is 0.643. The number of rotatable bonds is 8. The highest BCUT2D eigenvalue weighted by molar-refractivity contribution is 6.00. The minimum absolute atomic E-state index is 0.0152. The first kappa shape index (κ1) is 21.9. The van der Waals surface area contributed by atoms with E-state index in [4.69, 9.17) is 18.9 Å². The molecule has 1 heterocycles. The number of carbonyl (C=O) groups excluding carboxylic acids is 3. The van der Waals surface area contributed by atoms with Crippen molar-refractivity contribution in [1.82, 2.24) is 0 Å². The third-order valence-corrected chi connectivity index (χ3v) is 4.85. The Morgan fingerprint density at radius 2 is 1.77 bits per heavy atom. The predicted molar refractivity (Wildman–Crippen MR) is 113 cm³/mol. The van der Waals surface area contributed by atoms with E-state index in [0.717, 1.165) is 0 Å². The maximum Gasteiger partial charge on any atom is 0.311 e. The van der Waals surface area contributed by atoms with E-state index in [1.165, 1.54) is 26.2 Å². The van der Waals surface area contributed by atoms with Crippen LogP contribution in [0.4, 0.5) is 11.4 Å². The molecule has 0 aromatic heterocycles. The monoisotopic (exact) mass is 428 g/mol. The van der Waals surface area contributed by atoms with Crippen molar-refractivity contribution in [3.8, 4) is 17.2 Å². The third-order valence-electron chi connectivity index (χ3n) is 4.85. The highest BCUT2D eigenvalue weighted by atomic mass is 16.5. The summed E-state index contributed by atoms with van der Waals surface area (Å²) in [6.45, 7) is -0.306. The van der Waals surface area contributed by atoms with E-state index in [1.54, 1.807) is 42.5 Å². The van der Waals surface area contributed by atoms with Crippen molar-refractivity contribution < 1.29 is 33.3 Å². The summed E-state index contributed by atoms with van der Waals surface area (Å²) in [6.07, 6.45) is 0.0152. The molecular weight excluding hydrogens is 404 g/mol. The first-order valence-electron chi connectivity index (χ1n) is 9.58. The Bertz CT molecular complexity index is 976. The number of nitrogens with zero attached hydrogens (tertiary/aromatic N) is 1. The van der Waals surface area contributed by atoms with E-state index < -0.39 is 24.4 Å². The number of hydrogen-bond donors (Lipinski definition) is 1. The SMILES string of the molecule is COc1cccc(N2C[C@H](C(=O)OCC(=O)Nc3cc(OC)ccc3OC)CC2=O)c1. The molecule has 1 atom stereocenters. The summed E-state index contributed by atoms with van der Waals surface area (Å²) < 4.78 is 20.7. The second kappa shape index (κ2) is 9.84. The first-order valence-corrected chi connectivity index (χ1v) is 9.58. The van der Waals surface area contributed by atoms with Gasteiger partial charge in [-0.1, -0.05) is 6.07 Å². The van der Waals surface area contributed by atoms with Gasteiger partial charge in [0.25, 0.3) is 5.91 Å². The maximum absolute atomic E-state index is 12.4. The number of carbonyl (C=O) groups is 3. The van der Waals surface area contributed by atoms with E-state index in [0.29, 0.717) is 28.6 Å². The minimum atomic E-state index is -0.655. The molecule has 0 unspecified atom stereocenters. The zero-order valence-electron chi connectivity index (χ0n) is 17.5. The first-order chi connectivity index (χ1) is 14.9. The van der Waals surface area contributed by atoms with Gasteiger partial charge >= 0.3 is 5.97 Å². The molecule has 2 amide bonds. The van der Waals surface area contributed by atoms with Crippen molar-refractivity contribution in [2.24, 2.45) is 5.92 Å². The van der Waals surface area contributed by atoms with Crippen LogP contribution >= 0.6 is 0 Å². The van der Waals surface area contributed by atoms with Gasteiger partial charge in [-0.15, -0.1) is 0 Å². The number of methoxy groups -OCH3 is 3. The van der Waals surface area contributed by atoms with Crippen LogP contribution in [0.1, 0.15) is 6.42 Å². The molecule has 0 saturated carbocycles. The summed E-state index contributed by atoms with van der Waals surface area (Å²) >= 11 is 0. The summed E-state index contributed by atoms with van der Waals surface area (Å²) in [4.78, 5) is 38.5. The molecule has 1 aliphatic heterocycles. The summed E-state index contributed by atoms with van der Waals surface area (Å²) in [5, 5.41) is 2.63. The van der Waals surface area contributed by atoms with Gasteiger partial charge in [0.05, 0.1) is 32.9 Å². The summed E-state index contributed by atoms with van der Waals surface area (Å²) in [7, 11) is 4.52. The van der Waals surface area contributed by atoms with Crippen LogP contribution in [-0.2, 0) is 19.1 Å². The van der Waals surface area contributed by atoms with Crippen molar-refractivity contribution in [1.29, 1.82) is 0 Å². The standard InChI is InChI=1S/C22H24N2O7/c1-28-16-6-4-5-15(10-16)24-12-14(9-21(24)26)22(27)31-13-20(25)23-18-11-17(29-2)7-8-19(18)30-3/h4-8,10-11,14H,9,12-13H2,1-3H3,(H,23,25)/t14-/m1/s1. The Morgan fingerprint density at radius 1 is 1.03 bits per heavy atom. The fraction of sp³-hybridized carbons (Fsp3) is 0.318. The van der Waals surface area contributed by atoms with Crippen LogP contribution in [0, 0.1) is 5.92 Å². The lowest BCUT2D eigenvalue weighted by molar-refractivity contribution is -0.151. The average molecular weight is 428 g/mol. The van der Waals surface area contributed by atoms with Gasteiger partial charge in [-0.3, -0.25) is 14.4 Å². The van der Waals surface area contributed by atoms with Crippen LogP contribution in [0.3, 0.4) is 0 Å². The van der Waals surface area contributed by atoms with Crippen molar-refractivity contribution >= 4 is 29.2 Å². The fourth-order valence-corrected chi connectivity index (χ4v) is 3.25. The van der Waals surface area contributed by atoms with Gasteiger partial charge in [0, 0.05) is 30.8 Å². The number of ether oxygens (including phenoxy) is 4. The Balaban J connectivity index is 1.56. The van der Waals surface area contributed by atoms with Gasteiger partial charge < -0.3 is 29.2 Å². The van der Waals surface area contributed by atoms with Crippen LogP contribution < -0.4 is 24.4 Å². The van der Waals surface area contributed by atoms with Gasteiger partial charge in [0.15, 0.2) is 6.61 Å². The predicted octanol–water partition coefficient (Wildman–Crippen LogP) is 2.25. The molecule has 0 bridgehead atoms. The van der Waals surface area contributed by atoms with Crippen LogP contribution in [-0.4, -0.2) is 52.3 Å². The van der Waals surface area contributed by atoms with Crippen LogP contribution in [0.25, 0.3) is 0 Å². The average Bonchev–Trinajstić information content (AvgIpc) is 3.19. The molecular formula is C22H24N2O7. The molecule has 2 aromatic rings. The van der Waals surface area contributed by atoms with Gasteiger partial charge in [-0.25, -0.2) is 0 Å². The van der Waals surface area contributed by atoms with Crippen LogP contribution in [0.2, 0.25) is 0 Å². The lowest BCUT2D eigenvalue weighted by atomic mass is 10.1. The van der Waals surface area contributed by atoms with Crippen molar-refractivity contribution in [3.63, 3.8) is 0 Å². The molecule has 1 saturated heterocycles. The molecule has 0 aliphatic carbocycles. The van der Waals surface area contributed by atoms with E-state index in [-0.39, 0.29) is 18.9 Å². The van der Waals surface area contributed by atoms with E-state index in [2.05, 4.69) is 5.32 Å². The van der Waals surface area contributed by atoms with Gasteiger partial charge in [-0.05, 0) is 24.3 Å². The molecule has 0 spiro atoms. The smallest absolute Gasteiger partial charge is 0.311 e. The molecule has 31 heavy (non-hydrogen) atoms. The molecule has 1 aliphatic rings. The number of nitrogens with one attached hydrogen (secondary N) is 1. The molecule has 1 N–H and O–H groups in total. The van der Waals surface area contributed by atoms with Gasteiger partial charge in [0.2, 0.25) is 5.91 Å². The maximum atomic E-state index is 12.4. The van der Waals surface area contributed by atoms with E-state index in [9.17, 15) is 14.4 Å². The zero-order chi connectivity index (χ0) is 22.4.